The molecular formula is C10H9ClN2O3S. The van der Waals surface area contributed by atoms with Gasteiger partial charge in [-0.3, -0.25) is 14.8 Å². The van der Waals surface area contributed by atoms with Crippen LogP contribution in [0.5, 0.6) is 0 Å². The minimum absolute atomic E-state index is 0.173. The second-order valence-electron chi connectivity index (χ2n) is 3.42. The van der Waals surface area contributed by atoms with Crippen LogP contribution in [0.3, 0.4) is 0 Å². The zero-order valence-corrected chi connectivity index (χ0v) is 10.2. The highest BCUT2D eigenvalue weighted by molar-refractivity contribution is 8.00. The Kier molecular flexibility index (Phi) is 3.56. The lowest BCUT2D eigenvalue weighted by Crippen LogP contribution is -2.42. The molecule has 0 unspecified atom stereocenters. The highest BCUT2D eigenvalue weighted by Gasteiger charge is 2.26. The van der Waals surface area contributed by atoms with Crippen LogP contribution in [0.1, 0.15) is 0 Å². The third-order valence-electron chi connectivity index (χ3n) is 2.29. The van der Waals surface area contributed by atoms with E-state index in [1.807, 2.05) is 0 Å². The molecule has 0 atom stereocenters. The van der Waals surface area contributed by atoms with Gasteiger partial charge in [0.2, 0.25) is 5.91 Å². The van der Waals surface area contributed by atoms with Crippen LogP contribution in [0, 0.1) is 0 Å². The summed E-state index contributed by atoms with van der Waals surface area (Å²) in [5.41, 5.74) is 2.15. The van der Waals surface area contributed by atoms with E-state index >= 15 is 0 Å². The number of nitrogens with one attached hydrogen (secondary N) is 1. The van der Waals surface area contributed by atoms with Gasteiger partial charge < -0.3 is 4.90 Å². The molecule has 1 aliphatic heterocycles. The van der Waals surface area contributed by atoms with Gasteiger partial charge in [0.15, 0.2) is 0 Å². The van der Waals surface area contributed by atoms with Crippen molar-refractivity contribution in [2.45, 2.75) is 4.90 Å². The number of thioether (sulfide) groups is 1. The Morgan fingerprint density at radius 3 is 3.06 bits per heavy atom. The number of fused-ring (bicyclic) bond motifs is 1. The summed E-state index contributed by atoms with van der Waals surface area (Å²) in [6, 6.07) is 5.09. The Balaban J connectivity index is 2.33. The van der Waals surface area contributed by atoms with E-state index in [0.717, 1.165) is 4.90 Å². The molecule has 0 saturated carbocycles. The second-order valence-corrected chi connectivity index (χ2v) is 4.87. The monoisotopic (exact) mass is 272 g/mol. The van der Waals surface area contributed by atoms with Gasteiger partial charge in [-0.15, -0.1) is 11.8 Å². The average Bonchev–Trinajstić information content (AvgIpc) is 2.32. The summed E-state index contributed by atoms with van der Waals surface area (Å²) in [6.07, 6.45) is 0. The molecule has 2 N–H and O–H groups in total. The van der Waals surface area contributed by atoms with Crippen molar-refractivity contribution in [1.29, 1.82) is 0 Å². The number of hydrogen-bond donors (Lipinski definition) is 2. The molecule has 1 aliphatic rings. The van der Waals surface area contributed by atoms with E-state index in [9.17, 15) is 9.59 Å². The van der Waals surface area contributed by atoms with Crippen LogP contribution in [0.2, 0.25) is 5.02 Å². The minimum atomic E-state index is -0.633. The maximum Gasteiger partial charge on any atom is 0.263 e. The van der Waals surface area contributed by atoms with Crippen LogP contribution in [-0.4, -0.2) is 29.3 Å². The summed E-state index contributed by atoms with van der Waals surface area (Å²) < 4.78 is 0. The Labute approximate surface area is 107 Å². The van der Waals surface area contributed by atoms with Gasteiger partial charge in [0.05, 0.1) is 11.4 Å². The highest BCUT2D eigenvalue weighted by atomic mass is 35.5. The predicted molar refractivity (Wildman–Crippen MR) is 64.5 cm³/mol. The lowest BCUT2D eigenvalue weighted by atomic mass is 10.2. The Bertz CT molecular complexity index is 481. The maximum atomic E-state index is 11.7. The number of nitrogens with zero attached hydrogens (tertiary/aromatic N) is 1. The second kappa shape index (κ2) is 4.95. The Morgan fingerprint density at radius 1 is 1.59 bits per heavy atom. The van der Waals surface area contributed by atoms with E-state index in [-0.39, 0.29) is 18.2 Å². The standard InChI is InChI=1S/C10H9ClN2O3S/c11-6-1-2-7-8(3-6)17-5-10(15)13(7)4-9(14)12-16/h1-3,16H,4-5H2,(H,12,14). The molecule has 17 heavy (non-hydrogen) atoms. The predicted octanol–water partition coefficient (Wildman–Crippen LogP) is 1.28. The smallest absolute Gasteiger partial charge is 0.263 e. The van der Waals surface area contributed by atoms with Crippen LogP contribution in [-0.2, 0) is 9.59 Å². The van der Waals surface area contributed by atoms with E-state index in [4.69, 9.17) is 16.8 Å². The van der Waals surface area contributed by atoms with Crippen LogP contribution in [0.4, 0.5) is 5.69 Å². The van der Waals surface area contributed by atoms with Crippen molar-refractivity contribution in [3.8, 4) is 0 Å². The molecule has 1 aromatic carbocycles. The number of benzene rings is 1. The van der Waals surface area contributed by atoms with E-state index in [1.54, 1.807) is 18.2 Å². The molecule has 0 bridgehead atoms. The fraction of sp³-hybridized carbons (Fsp3) is 0.200. The molecule has 0 aliphatic carbocycles. The largest absolute Gasteiger partial charge is 0.301 e. The minimum Gasteiger partial charge on any atom is -0.301 e. The Hall–Kier alpha value is -1.24. The van der Waals surface area contributed by atoms with Crippen molar-refractivity contribution in [2.75, 3.05) is 17.2 Å². The van der Waals surface area contributed by atoms with Crippen molar-refractivity contribution >= 4 is 40.9 Å². The topological polar surface area (TPSA) is 69.6 Å². The molecular weight excluding hydrogens is 264 g/mol. The first-order valence-corrected chi connectivity index (χ1v) is 6.14. The number of amides is 2. The van der Waals surface area contributed by atoms with E-state index in [2.05, 4.69) is 0 Å². The Morgan fingerprint density at radius 2 is 2.35 bits per heavy atom. The average molecular weight is 273 g/mol. The van der Waals surface area contributed by atoms with Gasteiger partial charge in [-0.1, -0.05) is 11.6 Å². The van der Waals surface area contributed by atoms with Gasteiger partial charge >= 0.3 is 0 Å². The number of hydroxylamine groups is 1. The first kappa shape index (κ1) is 12.2. The van der Waals surface area contributed by atoms with E-state index < -0.39 is 5.91 Å². The summed E-state index contributed by atoms with van der Waals surface area (Å²) in [7, 11) is 0. The van der Waals surface area contributed by atoms with Gasteiger partial charge in [-0.2, -0.15) is 0 Å². The van der Waals surface area contributed by atoms with Crippen molar-refractivity contribution < 1.29 is 14.8 Å². The lowest BCUT2D eigenvalue weighted by molar-refractivity contribution is -0.129. The number of rotatable bonds is 2. The molecule has 0 fully saturated rings. The maximum absolute atomic E-state index is 11.7. The summed E-state index contributed by atoms with van der Waals surface area (Å²) in [5, 5.41) is 9.06. The van der Waals surface area contributed by atoms with Crippen molar-refractivity contribution in [3.63, 3.8) is 0 Å². The van der Waals surface area contributed by atoms with E-state index in [0.29, 0.717) is 10.7 Å². The first-order chi connectivity index (χ1) is 8.11. The number of halogens is 1. The fourth-order valence-electron chi connectivity index (χ4n) is 1.53. The van der Waals surface area contributed by atoms with Crippen molar-refractivity contribution in [2.24, 2.45) is 0 Å². The van der Waals surface area contributed by atoms with Gasteiger partial charge in [0.1, 0.15) is 6.54 Å². The lowest BCUT2D eigenvalue weighted by Gasteiger charge is -2.28. The van der Waals surface area contributed by atoms with Crippen LogP contribution >= 0.6 is 23.4 Å². The van der Waals surface area contributed by atoms with Crippen LogP contribution in [0.25, 0.3) is 0 Å². The summed E-state index contributed by atoms with van der Waals surface area (Å²) in [4.78, 5) is 25.0. The van der Waals surface area contributed by atoms with E-state index in [1.165, 1.54) is 22.1 Å². The fourth-order valence-corrected chi connectivity index (χ4v) is 2.74. The summed E-state index contributed by atoms with van der Waals surface area (Å²) in [6.45, 7) is -0.204. The van der Waals surface area contributed by atoms with Gasteiger partial charge in [0.25, 0.3) is 5.91 Å². The van der Waals surface area contributed by atoms with Gasteiger partial charge in [-0.25, -0.2) is 5.48 Å². The molecule has 5 nitrogen and oxygen atoms in total. The van der Waals surface area contributed by atoms with Gasteiger partial charge in [-0.05, 0) is 18.2 Å². The highest BCUT2D eigenvalue weighted by Crippen LogP contribution is 2.36. The van der Waals surface area contributed by atoms with Crippen molar-refractivity contribution in [1.82, 2.24) is 5.48 Å². The molecule has 7 heteroatoms. The first-order valence-electron chi connectivity index (χ1n) is 4.77. The third kappa shape index (κ3) is 2.54. The normalized spacial score (nSPS) is 14.5. The molecule has 90 valence electrons. The zero-order chi connectivity index (χ0) is 12.4. The molecule has 2 amide bonds. The zero-order valence-electron chi connectivity index (χ0n) is 8.64. The molecule has 0 aromatic heterocycles. The molecule has 0 radical (unpaired) electrons. The number of hydrogen-bond acceptors (Lipinski definition) is 4. The summed E-state index contributed by atoms with van der Waals surface area (Å²) >= 11 is 7.24. The quantitative estimate of drug-likeness (QED) is 0.629. The van der Waals surface area contributed by atoms with Crippen molar-refractivity contribution in [3.05, 3.63) is 23.2 Å². The third-order valence-corrected chi connectivity index (χ3v) is 3.56. The SMILES string of the molecule is O=C(CN1C(=O)CSc2cc(Cl)ccc21)NO. The molecule has 0 spiro atoms. The number of carbonyl (C=O) groups excluding carboxylic acids is 2. The molecule has 0 saturated heterocycles. The van der Waals surface area contributed by atoms with Crippen LogP contribution < -0.4 is 10.4 Å². The number of anilines is 1. The summed E-state index contributed by atoms with van der Waals surface area (Å²) in [5.74, 6) is -0.550. The molecule has 1 heterocycles. The van der Waals surface area contributed by atoms with Crippen LogP contribution in [0.15, 0.2) is 23.1 Å². The number of carbonyl (C=O) groups is 2. The molecule has 2 rings (SSSR count). The molecule has 1 aromatic rings. The van der Waals surface area contributed by atoms with Gasteiger partial charge in [0, 0.05) is 9.92 Å².